The predicted molar refractivity (Wildman–Crippen MR) is 125 cm³/mol. The molecule has 0 aliphatic carbocycles. The molecule has 2 N–H and O–H groups in total. The molecule has 7 atom stereocenters. The van der Waals surface area contributed by atoms with E-state index >= 15 is 0 Å². The molecule has 0 aromatic heterocycles. The fraction of sp³-hybridized carbons (Fsp3) is 1.00. The van der Waals surface area contributed by atoms with Crippen LogP contribution in [0.25, 0.3) is 0 Å². The van der Waals surface area contributed by atoms with Crippen molar-refractivity contribution in [2.75, 3.05) is 13.2 Å². The van der Waals surface area contributed by atoms with Crippen LogP contribution in [-0.2, 0) is 9.16 Å². The average molecular weight is 431 g/mol. The third-order valence-corrected chi connectivity index (χ3v) is 13.7. The van der Waals surface area contributed by atoms with E-state index in [1.807, 2.05) is 6.92 Å². The lowest BCUT2D eigenvalue weighted by atomic mass is 9.79. The fourth-order valence-electron chi connectivity index (χ4n) is 5.76. The van der Waals surface area contributed by atoms with Gasteiger partial charge in [-0.05, 0) is 35.4 Å². The summed E-state index contributed by atoms with van der Waals surface area (Å²) < 4.78 is 13.4. The molecule has 0 aromatic rings. The molecule has 1 fully saturated rings. The van der Waals surface area contributed by atoms with Gasteiger partial charge in [0.15, 0.2) is 8.32 Å². The number of aliphatic hydroxyl groups excluding tert-OH is 2. The van der Waals surface area contributed by atoms with Crippen molar-refractivity contribution in [3.63, 3.8) is 0 Å². The van der Waals surface area contributed by atoms with Gasteiger partial charge in [0.2, 0.25) is 0 Å². The van der Waals surface area contributed by atoms with E-state index in [0.29, 0.717) is 28.5 Å². The third kappa shape index (κ3) is 6.28. The summed E-state index contributed by atoms with van der Waals surface area (Å²) in [6.07, 6.45) is 1.84. The molecule has 5 heteroatoms. The summed E-state index contributed by atoms with van der Waals surface area (Å²) in [5.41, 5.74) is 1.76. The molecule has 0 aromatic carbocycles. The second-order valence-corrected chi connectivity index (χ2v) is 16.3. The quantitative estimate of drug-likeness (QED) is 0.417. The summed E-state index contributed by atoms with van der Waals surface area (Å²) in [6.45, 7) is 23.2. The minimum atomic E-state index is -1.87. The Bertz CT molecular complexity index is 446. The van der Waals surface area contributed by atoms with Crippen LogP contribution in [0, 0.1) is 23.7 Å². The summed E-state index contributed by atoms with van der Waals surface area (Å²) in [5.74, 6) is 0.647. The van der Waals surface area contributed by atoms with Gasteiger partial charge in [-0.25, -0.2) is 0 Å². The Hall–Kier alpha value is 0.0569. The van der Waals surface area contributed by atoms with Gasteiger partial charge in [0.05, 0.1) is 18.3 Å². The Kier molecular flexibility index (Phi) is 10.8. The standard InChI is InChI=1S/C24H50O4Si/c1-15(2)29(16(3)4,17(5)6)27-14-20(9)22-12-11-18(7)24(28-22)21(10)23(26)19(8)13-25/h15-26H,11-14H2,1-10H3/t18-,19-,20+,21-,22-,23-,24-/m0/s1. The fourth-order valence-corrected chi connectivity index (χ4v) is 11.3. The Balaban J connectivity index is 2.83. The van der Waals surface area contributed by atoms with Crippen LogP contribution in [-0.4, -0.2) is 50.1 Å². The van der Waals surface area contributed by atoms with Gasteiger partial charge in [0.1, 0.15) is 0 Å². The first-order valence-electron chi connectivity index (χ1n) is 12.0. The van der Waals surface area contributed by atoms with Gasteiger partial charge in [-0.1, -0.05) is 69.2 Å². The summed E-state index contributed by atoms with van der Waals surface area (Å²) in [7, 11) is -1.87. The monoisotopic (exact) mass is 430 g/mol. The van der Waals surface area contributed by atoms with Crippen LogP contribution in [0.15, 0.2) is 0 Å². The topological polar surface area (TPSA) is 58.9 Å². The van der Waals surface area contributed by atoms with Crippen molar-refractivity contribution in [3.05, 3.63) is 0 Å². The zero-order chi connectivity index (χ0) is 22.5. The molecule has 1 rings (SSSR count). The lowest BCUT2D eigenvalue weighted by molar-refractivity contribution is -0.149. The van der Waals surface area contributed by atoms with Crippen LogP contribution in [0.1, 0.15) is 82.1 Å². The van der Waals surface area contributed by atoms with Crippen LogP contribution in [0.4, 0.5) is 0 Å². The number of hydrogen-bond donors (Lipinski definition) is 2. The van der Waals surface area contributed by atoms with E-state index in [2.05, 4.69) is 62.3 Å². The first kappa shape index (κ1) is 27.1. The van der Waals surface area contributed by atoms with Crippen LogP contribution < -0.4 is 0 Å². The van der Waals surface area contributed by atoms with Crippen molar-refractivity contribution < 1.29 is 19.4 Å². The largest absolute Gasteiger partial charge is 0.416 e. The zero-order valence-electron chi connectivity index (χ0n) is 20.8. The highest BCUT2D eigenvalue weighted by Crippen LogP contribution is 2.43. The Labute approximate surface area is 181 Å². The molecule has 0 unspecified atom stereocenters. The maximum atomic E-state index is 10.6. The van der Waals surface area contributed by atoms with E-state index in [9.17, 15) is 10.2 Å². The molecule has 4 nitrogen and oxygen atoms in total. The first-order chi connectivity index (χ1) is 13.4. The molecule has 1 heterocycles. The van der Waals surface area contributed by atoms with E-state index < -0.39 is 14.4 Å². The van der Waals surface area contributed by atoms with E-state index in [1.54, 1.807) is 0 Å². The lowest BCUT2D eigenvalue weighted by Gasteiger charge is -2.45. The number of ether oxygens (including phenoxy) is 1. The van der Waals surface area contributed by atoms with Gasteiger partial charge in [-0.15, -0.1) is 0 Å². The molecular formula is C24H50O4Si. The summed E-state index contributed by atoms with van der Waals surface area (Å²) in [4.78, 5) is 0. The SMILES string of the molecule is CC(C)[Si](OC[C@@H](C)[C@@H]1CC[C@H](C)[C@@H]([C@@H](C)[C@@H](O)[C@@H](C)CO)O1)(C(C)C)C(C)C. The van der Waals surface area contributed by atoms with Crippen molar-refractivity contribution in [3.8, 4) is 0 Å². The second kappa shape index (κ2) is 11.6. The van der Waals surface area contributed by atoms with E-state index in [-0.39, 0.29) is 30.7 Å². The van der Waals surface area contributed by atoms with Crippen LogP contribution in [0.3, 0.4) is 0 Å². The predicted octanol–water partition coefficient (Wildman–Crippen LogP) is 5.62. The van der Waals surface area contributed by atoms with Gasteiger partial charge < -0.3 is 19.4 Å². The molecular weight excluding hydrogens is 380 g/mol. The first-order valence-corrected chi connectivity index (χ1v) is 14.1. The van der Waals surface area contributed by atoms with E-state index in [4.69, 9.17) is 9.16 Å². The lowest BCUT2D eigenvalue weighted by Crippen LogP contribution is -2.50. The Morgan fingerprint density at radius 2 is 1.45 bits per heavy atom. The summed E-state index contributed by atoms with van der Waals surface area (Å²) >= 11 is 0. The number of rotatable bonds is 11. The maximum absolute atomic E-state index is 10.6. The highest BCUT2D eigenvalue weighted by atomic mass is 28.4. The van der Waals surface area contributed by atoms with Crippen molar-refractivity contribution >= 4 is 8.32 Å². The maximum Gasteiger partial charge on any atom is 0.200 e. The number of hydrogen-bond acceptors (Lipinski definition) is 4. The Morgan fingerprint density at radius 3 is 1.90 bits per heavy atom. The number of aliphatic hydroxyl groups is 2. The van der Waals surface area contributed by atoms with Crippen molar-refractivity contribution in [2.45, 2.75) is 117 Å². The van der Waals surface area contributed by atoms with Gasteiger partial charge in [-0.2, -0.15) is 0 Å². The normalized spacial score (nSPS) is 28.0. The second-order valence-electron chi connectivity index (χ2n) is 10.8. The van der Waals surface area contributed by atoms with Crippen molar-refractivity contribution in [1.29, 1.82) is 0 Å². The molecule has 0 saturated carbocycles. The van der Waals surface area contributed by atoms with E-state index in [1.165, 1.54) is 0 Å². The molecule has 1 saturated heterocycles. The molecule has 1 aliphatic heterocycles. The smallest absolute Gasteiger partial charge is 0.200 e. The van der Waals surface area contributed by atoms with Crippen LogP contribution in [0.5, 0.6) is 0 Å². The average Bonchev–Trinajstić information content (AvgIpc) is 2.65. The van der Waals surface area contributed by atoms with Gasteiger partial charge in [-0.3, -0.25) is 0 Å². The van der Waals surface area contributed by atoms with Crippen LogP contribution >= 0.6 is 0 Å². The third-order valence-electron chi connectivity index (χ3n) is 7.67. The van der Waals surface area contributed by atoms with E-state index in [0.717, 1.165) is 19.4 Å². The highest BCUT2D eigenvalue weighted by molar-refractivity contribution is 6.77. The molecule has 0 bridgehead atoms. The molecule has 0 spiro atoms. The molecule has 174 valence electrons. The van der Waals surface area contributed by atoms with Gasteiger partial charge >= 0.3 is 0 Å². The van der Waals surface area contributed by atoms with Gasteiger partial charge in [0.25, 0.3) is 0 Å². The summed E-state index contributed by atoms with van der Waals surface area (Å²) in [6, 6.07) is 0. The highest BCUT2D eigenvalue weighted by Gasteiger charge is 2.46. The molecule has 1 aliphatic rings. The Morgan fingerprint density at radius 1 is 0.931 bits per heavy atom. The zero-order valence-corrected chi connectivity index (χ0v) is 21.8. The minimum absolute atomic E-state index is 0.00654. The molecule has 29 heavy (non-hydrogen) atoms. The van der Waals surface area contributed by atoms with Gasteiger partial charge in [0, 0.05) is 31.0 Å². The summed E-state index contributed by atoms with van der Waals surface area (Å²) in [5, 5.41) is 20.0. The minimum Gasteiger partial charge on any atom is -0.416 e. The van der Waals surface area contributed by atoms with Crippen molar-refractivity contribution in [1.82, 2.24) is 0 Å². The van der Waals surface area contributed by atoms with Crippen molar-refractivity contribution in [2.24, 2.45) is 23.7 Å². The van der Waals surface area contributed by atoms with Crippen LogP contribution in [0.2, 0.25) is 16.6 Å². The molecule has 0 radical (unpaired) electrons. The molecule has 0 amide bonds.